The second kappa shape index (κ2) is 8.64. The lowest BCUT2D eigenvalue weighted by molar-refractivity contribution is 0.182. The molecular weight excluding hydrogens is 258 g/mol. The van der Waals surface area contributed by atoms with Crippen LogP contribution in [-0.4, -0.2) is 40.0 Å². The van der Waals surface area contributed by atoms with Crippen molar-refractivity contribution in [3.8, 4) is 0 Å². The van der Waals surface area contributed by atoms with Gasteiger partial charge in [-0.25, -0.2) is 4.79 Å². The topological polar surface area (TPSA) is 47.4 Å². The van der Waals surface area contributed by atoms with Crippen LogP contribution < -0.4 is 0 Å². The highest BCUT2D eigenvalue weighted by molar-refractivity contribution is 8.13. The van der Waals surface area contributed by atoms with E-state index in [1.165, 1.54) is 35.9 Å². The number of amidine groups is 1. The Balaban J connectivity index is 0.00000256. The normalized spacial score (nSPS) is 16.1. The maximum atomic E-state index is 11.9. The maximum Gasteiger partial charge on any atom is 0.326 e. The molecule has 0 spiro atoms. The first-order chi connectivity index (χ1) is 7.70. The van der Waals surface area contributed by atoms with Crippen LogP contribution in [0.3, 0.4) is 0 Å². The van der Waals surface area contributed by atoms with E-state index in [4.69, 9.17) is 5.41 Å². The molecule has 1 N–H and O–H groups in total. The molecule has 1 rings (SSSR count). The zero-order valence-electron chi connectivity index (χ0n) is 10.6. The van der Waals surface area contributed by atoms with Gasteiger partial charge in [0.15, 0.2) is 5.17 Å². The Morgan fingerprint density at radius 1 is 1.29 bits per heavy atom. The van der Waals surface area contributed by atoms with Crippen LogP contribution in [0.1, 0.15) is 39.5 Å². The summed E-state index contributed by atoms with van der Waals surface area (Å²) >= 11 is 1.44. The van der Waals surface area contributed by atoms with Crippen LogP contribution in [0.15, 0.2) is 0 Å². The molecule has 1 heterocycles. The predicted molar refractivity (Wildman–Crippen MR) is 76.1 cm³/mol. The fourth-order valence-electron chi connectivity index (χ4n) is 1.70. The zero-order valence-corrected chi connectivity index (χ0v) is 12.2. The second-order valence-electron chi connectivity index (χ2n) is 3.93. The molecule has 1 aliphatic rings. The fraction of sp³-hybridized carbons (Fsp3) is 0.818. The van der Waals surface area contributed by atoms with E-state index in [1.54, 1.807) is 0 Å². The molecule has 0 aliphatic carbocycles. The number of hydrogen-bond donors (Lipinski definition) is 1. The van der Waals surface area contributed by atoms with Crippen molar-refractivity contribution in [2.75, 3.05) is 19.0 Å². The number of unbranched alkanes of at least 4 members (excludes halogenated alkanes) is 3. The minimum atomic E-state index is 0. The molecular formula is C11H22ClN3OS. The Hall–Kier alpha value is -0.420. The highest BCUT2D eigenvalue weighted by atomic mass is 35.5. The van der Waals surface area contributed by atoms with Gasteiger partial charge in [0, 0.05) is 13.1 Å². The van der Waals surface area contributed by atoms with Crippen LogP contribution in [0.2, 0.25) is 0 Å². The van der Waals surface area contributed by atoms with E-state index in [0.717, 1.165) is 13.0 Å². The number of amides is 2. The van der Waals surface area contributed by atoms with E-state index in [1.807, 2.05) is 11.8 Å². The summed E-state index contributed by atoms with van der Waals surface area (Å²) in [4.78, 5) is 15.3. The summed E-state index contributed by atoms with van der Waals surface area (Å²) in [5.74, 6) is 0.639. The van der Waals surface area contributed by atoms with Crippen LogP contribution in [-0.2, 0) is 0 Å². The molecule has 0 unspecified atom stereocenters. The molecule has 1 fully saturated rings. The number of thioether (sulfide) groups is 1. The number of nitrogens with zero attached hydrogens (tertiary/aromatic N) is 2. The summed E-state index contributed by atoms with van der Waals surface area (Å²) in [5, 5.41) is 8.04. The van der Waals surface area contributed by atoms with E-state index < -0.39 is 0 Å². The lowest BCUT2D eigenvalue weighted by Gasteiger charge is -2.34. The van der Waals surface area contributed by atoms with Gasteiger partial charge >= 0.3 is 6.03 Å². The third kappa shape index (κ3) is 4.76. The number of urea groups is 1. The summed E-state index contributed by atoms with van der Waals surface area (Å²) in [6, 6.07) is 0.00254. The molecule has 0 aromatic carbocycles. The first-order valence-electron chi connectivity index (χ1n) is 5.98. The molecule has 17 heavy (non-hydrogen) atoms. The Bertz CT molecular complexity index is 263. The lowest BCUT2D eigenvalue weighted by Crippen LogP contribution is -2.49. The highest BCUT2D eigenvalue weighted by Crippen LogP contribution is 2.19. The summed E-state index contributed by atoms with van der Waals surface area (Å²) in [6.45, 7) is 5.52. The third-order valence-corrected chi connectivity index (χ3v) is 3.64. The van der Waals surface area contributed by atoms with Crippen LogP contribution in [0.4, 0.5) is 4.79 Å². The monoisotopic (exact) mass is 279 g/mol. The second-order valence-corrected chi connectivity index (χ2v) is 4.86. The average Bonchev–Trinajstić information content (AvgIpc) is 2.28. The maximum absolute atomic E-state index is 11.9. The third-order valence-electron chi connectivity index (χ3n) is 2.70. The van der Waals surface area contributed by atoms with Crippen molar-refractivity contribution in [2.24, 2.45) is 0 Å². The van der Waals surface area contributed by atoms with Crippen molar-refractivity contribution >= 4 is 35.4 Å². The molecule has 0 atom stereocenters. The van der Waals surface area contributed by atoms with Gasteiger partial charge in [-0.05, 0) is 13.3 Å². The first-order valence-corrected chi connectivity index (χ1v) is 6.97. The van der Waals surface area contributed by atoms with Crippen LogP contribution in [0.5, 0.6) is 0 Å². The van der Waals surface area contributed by atoms with Crippen molar-refractivity contribution in [2.45, 2.75) is 39.5 Å². The fourth-order valence-corrected chi connectivity index (χ4v) is 2.58. The Morgan fingerprint density at radius 3 is 2.59 bits per heavy atom. The summed E-state index contributed by atoms with van der Waals surface area (Å²) in [7, 11) is 0. The number of halogens is 1. The van der Waals surface area contributed by atoms with Gasteiger partial charge in [-0.15, -0.1) is 12.4 Å². The quantitative estimate of drug-likeness (QED) is 0.758. The van der Waals surface area contributed by atoms with Gasteiger partial charge < -0.3 is 4.90 Å². The summed E-state index contributed by atoms with van der Waals surface area (Å²) in [5.41, 5.74) is 0. The molecule has 100 valence electrons. The van der Waals surface area contributed by atoms with E-state index in [0.29, 0.717) is 17.6 Å². The summed E-state index contributed by atoms with van der Waals surface area (Å²) in [6.07, 6.45) is 4.72. The number of nitrogens with one attached hydrogen (secondary N) is 1. The molecule has 1 saturated heterocycles. The van der Waals surface area contributed by atoms with E-state index in [2.05, 4.69) is 6.92 Å². The average molecular weight is 280 g/mol. The molecule has 4 nitrogen and oxygen atoms in total. The first kappa shape index (κ1) is 16.6. The van der Waals surface area contributed by atoms with E-state index in [-0.39, 0.29) is 18.4 Å². The van der Waals surface area contributed by atoms with Crippen LogP contribution in [0, 0.1) is 5.41 Å². The molecule has 0 saturated carbocycles. The van der Waals surface area contributed by atoms with Crippen molar-refractivity contribution < 1.29 is 4.79 Å². The van der Waals surface area contributed by atoms with Crippen LogP contribution >= 0.6 is 24.2 Å². The SMILES string of the molecule is CCCCCCN1CSC(=N)N(CC)C1=O.Cl. The number of rotatable bonds is 6. The van der Waals surface area contributed by atoms with Crippen molar-refractivity contribution in [3.63, 3.8) is 0 Å². The van der Waals surface area contributed by atoms with Crippen molar-refractivity contribution in [1.29, 1.82) is 5.41 Å². The van der Waals surface area contributed by atoms with Gasteiger partial charge in [0.05, 0.1) is 5.88 Å². The van der Waals surface area contributed by atoms with Gasteiger partial charge in [0.1, 0.15) is 0 Å². The molecule has 6 heteroatoms. The smallest absolute Gasteiger partial charge is 0.315 e. The number of carbonyl (C=O) groups excluding carboxylic acids is 1. The minimum absolute atomic E-state index is 0. The summed E-state index contributed by atoms with van der Waals surface area (Å²) < 4.78 is 0. The number of carbonyl (C=O) groups is 1. The van der Waals surface area contributed by atoms with Crippen molar-refractivity contribution in [1.82, 2.24) is 9.80 Å². The highest BCUT2D eigenvalue weighted by Gasteiger charge is 2.28. The Kier molecular flexibility index (Phi) is 8.43. The van der Waals surface area contributed by atoms with Gasteiger partial charge in [-0.1, -0.05) is 37.9 Å². The molecule has 0 aromatic rings. The Labute approximate surface area is 114 Å². The van der Waals surface area contributed by atoms with Gasteiger partial charge in [-0.3, -0.25) is 10.3 Å². The molecule has 0 bridgehead atoms. The predicted octanol–water partition coefficient (Wildman–Crippen LogP) is 3.37. The minimum Gasteiger partial charge on any atom is -0.315 e. The molecule has 0 aromatic heterocycles. The van der Waals surface area contributed by atoms with Gasteiger partial charge in [0.2, 0.25) is 0 Å². The number of hydrogen-bond acceptors (Lipinski definition) is 3. The van der Waals surface area contributed by atoms with Crippen LogP contribution in [0.25, 0.3) is 0 Å². The van der Waals surface area contributed by atoms with Gasteiger partial charge in [0.25, 0.3) is 0 Å². The molecule has 1 aliphatic heterocycles. The van der Waals surface area contributed by atoms with Crippen molar-refractivity contribution in [3.05, 3.63) is 0 Å². The Morgan fingerprint density at radius 2 is 2.00 bits per heavy atom. The van der Waals surface area contributed by atoms with E-state index >= 15 is 0 Å². The zero-order chi connectivity index (χ0) is 12.0. The van der Waals surface area contributed by atoms with E-state index in [9.17, 15) is 4.79 Å². The molecule has 0 radical (unpaired) electrons. The largest absolute Gasteiger partial charge is 0.326 e. The lowest BCUT2D eigenvalue weighted by atomic mass is 10.2. The molecule has 2 amide bonds. The standard InChI is InChI=1S/C11H21N3OS.ClH/c1-3-5-6-7-8-13-9-16-10(12)14(4-2)11(13)15;/h12H,3-9H2,1-2H3;1H. The van der Waals surface area contributed by atoms with Gasteiger partial charge in [-0.2, -0.15) is 0 Å².